The van der Waals surface area contributed by atoms with E-state index in [0.29, 0.717) is 12.6 Å². The molecule has 19 heavy (non-hydrogen) atoms. The van der Waals surface area contributed by atoms with Gasteiger partial charge in [-0.1, -0.05) is 6.92 Å². The Morgan fingerprint density at radius 2 is 1.95 bits per heavy atom. The van der Waals surface area contributed by atoms with E-state index in [2.05, 4.69) is 36.3 Å². The third-order valence-electron chi connectivity index (χ3n) is 3.85. The standard InChI is InChI=1S/C14H29N3O2/c1-4-17(11(2)3)10-9-15-14(19)16-12-5-7-13(18)8-6-12/h11-13,18H,4-10H2,1-3H3,(H2,15,16,19). The second-order valence-electron chi connectivity index (χ2n) is 5.63. The van der Waals surface area contributed by atoms with Crippen molar-refractivity contribution in [3.63, 3.8) is 0 Å². The lowest BCUT2D eigenvalue weighted by Gasteiger charge is -2.27. The number of nitrogens with zero attached hydrogens (tertiary/aromatic N) is 1. The third-order valence-corrected chi connectivity index (χ3v) is 3.85. The van der Waals surface area contributed by atoms with Crippen molar-refractivity contribution in [2.45, 2.75) is 64.6 Å². The first kappa shape index (κ1) is 16.2. The van der Waals surface area contributed by atoms with Gasteiger partial charge in [0.1, 0.15) is 0 Å². The van der Waals surface area contributed by atoms with E-state index in [1.54, 1.807) is 0 Å². The third kappa shape index (κ3) is 6.25. The number of nitrogens with one attached hydrogen (secondary N) is 2. The van der Waals surface area contributed by atoms with E-state index in [9.17, 15) is 9.90 Å². The van der Waals surface area contributed by atoms with Crippen LogP contribution in [0.1, 0.15) is 46.5 Å². The first-order valence-corrected chi connectivity index (χ1v) is 7.49. The normalized spacial score (nSPS) is 23.7. The van der Waals surface area contributed by atoms with E-state index in [1.807, 2.05) is 0 Å². The van der Waals surface area contributed by atoms with Crippen molar-refractivity contribution in [3.05, 3.63) is 0 Å². The van der Waals surface area contributed by atoms with E-state index in [1.165, 1.54) is 0 Å². The maximum Gasteiger partial charge on any atom is 0.315 e. The van der Waals surface area contributed by atoms with Crippen LogP contribution in [-0.4, -0.2) is 53.9 Å². The Hall–Kier alpha value is -0.810. The van der Waals surface area contributed by atoms with Crippen LogP contribution < -0.4 is 10.6 Å². The van der Waals surface area contributed by atoms with Crippen LogP contribution in [0.4, 0.5) is 4.79 Å². The van der Waals surface area contributed by atoms with Gasteiger partial charge in [0.05, 0.1) is 6.10 Å². The fourth-order valence-electron chi connectivity index (χ4n) is 2.55. The number of carbonyl (C=O) groups is 1. The molecule has 0 heterocycles. The van der Waals surface area contributed by atoms with Crippen LogP contribution in [0.25, 0.3) is 0 Å². The van der Waals surface area contributed by atoms with Crippen molar-refractivity contribution in [1.29, 1.82) is 0 Å². The van der Waals surface area contributed by atoms with Crippen LogP contribution in [0.3, 0.4) is 0 Å². The summed E-state index contributed by atoms with van der Waals surface area (Å²) in [6.45, 7) is 9.01. The van der Waals surface area contributed by atoms with Gasteiger partial charge < -0.3 is 15.7 Å². The molecule has 1 fully saturated rings. The molecule has 0 aromatic heterocycles. The maximum absolute atomic E-state index is 11.7. The number of amides is 2. The molecule has 1 aliphatic rings. The zero-order valence-corrected chi connectivity index (χ0v) is 12.5. The Balaban J connectivity index is 2.14. The molecule has 1 aliphatic carbocycles. The summed E-state index contributed by atoms with van der Waals surface area (Å²) in [6, 6.07) is 0.645. The molecule has 0 radical (unpaired) electrons. The fourth-order valence-corrected chi connectivity index (χ4v) is 2.55. The number of hydrogen-bond acceptors (Lipinski definition) is 3. The van der Waals surface area contributed by atoms with E-state index >= 15 is 0 Å². The molecule has 1 saturated carbocycles. The molecule has 0 aliphatic heterocycles. The molecule has 0 aromatic rings. The summed E-state index contributed by atoms with van der Waals surface area (Å²) in [6.07, 6.45) is 3.16. The lowest BCUT2D eigenvalue weighted by atomic mass is 9.93. The van der Waals surface area contributed by atoms with Crippen molar-refractivity contribution in [3.8, 4) is 0 Å². The van der Waals surface area contributed by atoms with E-state index in [0.717, 1.165) is 38.8 Å². The van der Waals surface area contributed by atoms with Gasteiger partial charge >= 0.3 is 6.03 Å². The predicted molar refractivity (Wildman–Crippen MR) is 77.2 cm³/mol. The molecule has 0 atom stereocenters. The minimum atomic E-state index is -0.176. The van der Waals surface area contributed by atoms with E-state index < -0.39 is 0 Å². The second kappa shape index (κ2) is 8.38. The van der Waals surface area contributed by atoms with Crippen LogP contribution in [0.15, 0.2) is 0 Å². The molecule has 3 N–H and O–H groups in total. The van der Waals surface area contributed by atoms with Crippen molar-refractivity contribution in [1.82, 2.24) is 15.5 Å². The molecule has 112 valence electrons. The zero-order valence-electron chi connectivity index (χ0n) is 12.5. The van der Waals surface area contributed by atoms with Crippen molar-refractivity contribution >= 4 is 6.03 Å². The highest BCUT2D eigenvalue weighted by Crippen LogP contribution is 2.17. The molecule has 2 amide bonds. The molecule has 5 nitrogen and oxygen atoms in total. The lowest BCUT2D eigenvalue weighted by molar-refractivity contribution is 0.117. The SMILES string of the molecule is CCN(CCNC(=O)NC1CCC(O)CC1)C(C)C. The minimum absolute atomic E-state index is 0.0822. The quantitative estimate of drug-likeness (QED) is 0.682. The van der Waals surface area contributed by atoms with Crippen LogP contribution in [-0.2, 0) is 0 Å². The fraction of sp³-hybridized carbons (Fsp3) is 0.929. The average Bonchev–Trinajstić information content (AvgIpc) is 2.37. The number of urea groups is 1. The lowest BCUT2D eigenvalue weighted by Crippen LogP contribution is -2.46. The van der Waals surface area contributed by atoms with Gasteiger partial charge in [-0.05, 0) is 46.1 Å². The zero-order chi connectivity index (χ0) is 14.3. The van der Waals surface area contributed by atoms with Gasteiger partial charge in [-0.2, -0.15) is 0 Å². The number of aliphatic hydroxyl groups is 1. The second-order valence-corrected chi connectivity index (χ2v) is 5.63. The summed E-state index contributed by atoms with van der Waals surface area (Å²) in [7, 11) is 0. The Morgan fingerprint density at radius 1 is 1.32 bits per heavy atom. The molecule has 1 rings (SSSR count). The largest absolute Gasteiger partial charge is 0.393 e. The summed E-state index contributed by atoms with van der Waals surface area (Å²) in [5.74, 6) is 0. The smallest absolute Gasteiger partial charge is 0.315 e. The Bertz CT molecular complexity index is 263. The average molecular weight is 271 g/mol. The molecule has 5 heteroatoms. The Labute approximate surface area is 116 Å². The Kier molecular flexibility index (Phi) is 7.16. The van der Waals surface area contributed by atoms with Gasteiger partial charge in [0.25, 0.3) is 0 Å². The van der Waals surface area contributed by atoms with Crippen molar-refractivity contribution in [2.75, 3.05) is 19.6 Å². The predicted octanol–water partition coefficient (Wildman–Crippen LogP) is 1.32. The molecule has 0 spiro atoms. The molecule has 0 unspecified atom stereocenters. The number of aliphatic hydroxyl groups excluding tert-OH is 1. The van der Waals surface area contributed by atoms with Gasteiger partial charge in [-0.15, -0.1) is 0 Å². The van der Waals surface area contributed by atoms with Crippen LogP contribution in [0.5, 0.6) is 0 Å². The molecule has 0 bridgehead atoms. The van der Waals surface area contributed by atoms with E-state index in [-0.39, 0.29) is 18.2 Å². The molecular formula is C14H29N3O2. The minimum Gasteiger partial charge on any atom is -0.393 e. The summed E-state index contributed by atoms with van der Waals surface area (Å²) in [4.78, 5) is 14.0. The summed E-state index contributed by atoms with van der Waals surface area (Å²) in [5.41, 5.74) is 0. The van der Waals surface area contributed by atoms with Crippen LogP contribution in [0.2, 0.25) is 0 Å². The number of carbonyl (C=O) groups excluding carboxylic acids is 1. The summed E-state index contributed by atoms with van der Waals surface area (Å²) < 4.78 is 0. The topological polar surface area (TPSA) is 64.6 Å². The van der Waals surface area contributed by atoms with Crippen molar-refractivity contribution in [2.24, 2.45) is 0 Å². The van der Waals surface area contributed by atoms with Gasteiger partial charge in [0, 0.05) is 25.2 Å². The van der Waals surface area contributed by atoms with Crippen LogP contribution in [0, 0.1) is 0 Å². The van der Waals surface area contributed by atoms with Gasteiger partial charge in [-0.25, -0.2) is 4.79 Å². The maximum atomic E-state index is 11.7. The number of likely N-dealkylation sites (N-methyl/N-ethyl adjacent to an activating group) is 1. The first-order valence-electron chi connectivity index (χ1n) is 7.49. The summed E-state index contributed by atoms with van der Waals surface area (Å²) in [5, 5.41) is 15.3. The highest BCUT2D eigenvalue weighted by Gasteiger charge is 2.20. The van der Waals surface area contributed by atoms with Gasteiger partial charge in [0.2, 0.25) is 0 Å². The van der Waals surface area contributed by atoms with Crippen LogP contribution >= 0.6 is 0 Å². The van der Waals surface area contributed by atoms with Gasteiger partial charge in [0.15, 0.2) is 0 Å². The highest BCUT2D eigenvalue weighted by molar-refractivity contribution is 5.74. The summed E-state index contributed by atoms with van der Waals surface area (Å²) >= 11 is 0. The van der Waals surface area contributed by atoms with E-state index in [4.69, 9.17) is 0 Å². The molecule has 0 saturated heterocycles. The Morgan fingerprint density at radius 3 is 2.47 bits per heavy atom. The number of hydrogen-bond donors (Lipinski definition) is 3. The highest BCUT2D eigenvalue weighted by atomic mass is 16.3. The van der Waals surface area contributed by atoms with Crippen molar-refractivity contribution < 1.29 is 9.90 Å². The molecular weight excluding hydrogens is 242 g/mol. The number of rotatable bonds is 6. The molecule has 0 aromatic carbocycles. The monoisotopic (exact) mass is 271 g/mol. The van der Waals surface area contributed by atoms with Gasteiger partial charge in [-0.3, -0.25) is 4.90 Å². The first-order chi connectivity index (χ1) is 9.02.